The second-order valence-electron chi connectivity index (χ2n) is 4.48. The molecule has 0 aliphatic rings. The molecule has 0 fully saturated rings. The van der Waals surface area contributed by atoms with Crippen LogP contribution >= 0.6 is 0 Å². The minimum Gasteiger partial charge on any atom is -0.497 e. The van der Waals surface area contributed by atoms with Crippen LogP contribution in [-0.2, 0) is 0 Å². The Bertz CT molecular complexity index is 756. The van der Waals surface area contributed by atoms with Gasteiger partial charge in [-0.1, -0.05) is 12.1 Å². The Morgan fingerprint density at radius 2 is 2.05 bits per heavy atom. The smallest absolute Gasteiger partial charge is 0.120 e. The van der Waals surface area contributed by atoms with Crippen LogP contribution in [-0.4, -0.2) is 12.1 Å². The number of rotatable bonds is 3. The van der Waals surface area contributed by atoms with Gasteiger partial charge in [0.1, 0.15) is 5.75 Å². The maximum absolute atomic E-state index is 6.22. The third-order valence-corrected chi connectivity index (χ3v) is 3.21. The standard InChI is InChI=1S/C16H15N3O/c1-20-13-4-2-3-12(9-13)19-15-6-5-11-10-18-8-7-14(11)16(15)17/h2-10,19H,17H2,1H3. The lowest BCUT2D eigenvalue weighted by molar-refractivity contribution is 0.415. The van der Waals surface area contributed by atoms with Crippen molar-refractivity contribution in [2.45, 2.75) is 0 Å². The highest BCUT2D eigenvalue weighted by Gasteiger charge is 2.05. The molecule has 3 N–H and O–H groups in total. The molecule has 0 aliphatic heterocycles. The van der Waals surface area contributed by atoms with Crippen LogP contribution < -0.4 is 15.8 Å². The Hall–Kier alpha value is -2.75. The molecule has 20 heavy (non-hydrogen) atoms. The van der Waals surface area contributed by atoms with Gasteiger partial charge in [0.15, 0.2) is 0 Å². The van der Waals surface area contributed by atoms with Crippen LogP contribution in [0.3, 0.4) is 0 Å². The van der Waals surface area contributed by atoms with Crippen molar-refractivity contribution in [1.29, 1.82) is 0 Å². The van der Waals surface area contributed by atoms with E-state index in [1.807, 2.05) is 42.5 Å². The zero-order valence-electron chi connectivity index (χ0n) is 11.1. The molecule has 0 radical (unpaired) electrons. The second-order valence-corrected chi connectivity index (χ2v) is 4.48. The Balaban J connectivity index is 2.00. The molecule has 0 amide bonds. The SMILES string of the molecule is COc1cccc(Nc2ccc3cnccc3c2N)c1. The second kappa shape index (κ2) is 5.09. The maximum atomic E-state index is 6.22. The normalized spacial score (nSPS) is 10.4. The predicted octanol–water partition coefficient (Wildman–Crippen LogP) is 3.57. The number of fused-ring (bicyclic) bond motifs is 1. The van der Waals surface area contributed by atoms with Gasteiger partial charge in [-0.15, -0.1) is 0 Å². The number of methoxy groups -OCH3 is 1. The molecule has 100 valence electrons. The first-order chi connectivity index (χ1) is 9.78. The van der Waals surface area contributed by atoms with Crippen molar-refractivity contribution in [2.75, 3.05) is 18.2 Å². The summed E-state index contributed by atoms with van der Waals surface area (Å²) in [5.74, 6) is 0.804. The number of ether oxygens (including phenoxy) is 1. The summed E-state index contributed by atoms with van der Waals surface area (Å²) >= 11 is 0. The van der Waals surface area contributed by atoms with Crippen molar-refractivity contribution in [2.24, 2.45) is 0 Å². The first-order valence-corrected chi connectivity index (χ1v) is 6.31. The monoisotopic (exact) mass is 265 g/mol. The largest absolute Gasteiger partial charge is 0.497 e. The van der Waals surface area contributed by atoms with E-state index >= 15 is 0 Å². The first kappa shape index (κ1) is 12.3. The van der Waals surface area contributed by atoms with E-state index in [-0.39, 0.29) is 0 Å². The molecule has 0 saturated carbocycles. The Kier molecular flexibility index (Phi) is 3.13. The number of nitrogen functional groups attached to an aromatic ring is 1. The summed E-state index contributed by atoms with van der Waals surface area (Å²) < 4.78 is 5.21. The van der Waals surface area contributed by atoms with Gasteiger partial charge in [0, 0.05) is 34.9 Å². The van der Waals surface area contributed by atoms with Crippen molar-refractivity contribution in [3.8, 4) is 5.75 Å². The third kappa shape index (κ3) is 2.23. The van der Waals surface area contributed by atoms with E-state index in [9.17, 15) is 0 Å². The zero-order chi connectivity index (χ0) is 13.9. The lowest BCUT2D eigenvalue weighted by atomic mass is 10.1. The summed E-state index contributed by atoms with van der Waals surface area (Å²) in [5, 5.41) is 5.34. The molecule has 0 spiro atoms. The quantitative estimate of drug-likeness (QED) is 0.711. The number of pyridine rings is 1. The highest BCUT2D eigenvalue weighted by Crippen LogP contribution is 2.31. The van der Waals surface area contributed by atoms with E-state index in [1.165, 1.54) is 0 Å². The molecule has 4 heteroatoms. The average molecular weight is 265 g/mol. The summed E-state index contributed by atoms with van der Waals surface area (Å²) in [6.07, 6.45) is 3.55. The van der Waals surface area contributed by atoms with Gasteiger partial charge in [-0.2, -0.15) is 0 Å². The van der Waals surface area contributed by atoms with Gasteiger partial charge in [0.05, 0.1) is 18.5 Å². The number of nitrogens with zero attached hydrogens (tertiary/aromatic N) is 1. The van der Waals surface area contributed by atoms with Crippen molar-refractivity contribution in [3.05, 3.63) is 54.9 Å². The van der Waals surface area contributed by atoms with Gasteiger partial charge < -0.3 is 15.8 Å². The van der Waals surface area contributed by atoms with E-state index in [0.717, 1.165) is 27.9 Å². The molecule has 0 bridgehead atoms. The Labute approximate surface area is 117 Å². The Morgan fingerprint density at radius 3 is 2.90 bits per heavy atom. The zero-order valence-corrected chi connectivity index (χ0v) is 11.1. The van der Waals surface area contributed by atoms with E-state index in [2.05, 4.69) is 10.3 Å². The molecular formula is C16H15N3O. The Morgan fingerprint density at radius 1 is 1.15 bits per heavy atom. The van der Waals surface area contributed by atoms with Crippen LogP contribution in [0, 0.1) is 0 Å². The summed E-state index contributed by atoms with van der Waals surface area (Å²) in [7, 11) is 1.65. The van der Waals surface area contributed by atoms with Gasteiger partial charge in [-0.3, -0.25) is 4.98 Å². The number of aromatic nitrogens is 1. The minimum atomic E-state index is 0.715. The van der Waals surface area contributed by atoms with Crippen LogP contribution in [0.5, 0.6) is 5.75 Å². The van der Waals surface area contributed by atoms with Crippen LogP contribution in [0.4, 0.5) is 17.1 Å². The molecule has 2 aromatic carbocycles. The van der Waals surface area contributed by atoms with Gasteiger partial charge in [-0.05, 0) is 24.3 Å². The van der Waals surface area contributed by atoms with E-state index < -0.39 is 0 Å². The highest BCUT2D eigenvalue weighted by atomic mass is 16.5. The van der Waals surface area contributed by atoms with E-state index in [4.69, 9.17) is 10.5 Å². The summed E-state index contributed by atoms with van der Waals surface area (Å²) in [5.41, 5.74) is 8.74. The van der Waals surface area contributed by atoms with E-state index in [1.54, 1.807) is 19.5 Å². The number of hydrogen-bond acceptors (Lipinski definition) is 4. The minimum absolute atomic E-state index is 0.715. The van der Waals surface area contributed by atoms with Crippen LogP contribution in [0.2, 0.25) is 0 Å². The molecule has 1 heterocycles. The molecule has 0 aliphatic carbocycles. The lowest BCUT2D eigenvalue weighted by Gasteiger charge is -2.12. The van der Waals surface area contributed by atoms with Crippen molar-refractivity contribution < 1.29 is 4.74 Å². The van der Waals surface area contributed by atoms with Gasteiger partial charge in [-0.25, -0.2) is 0 Å². The molecule has 1 aromatic heterocycles. The number of nitrogens with one attached hydrogen (secondary N) is 1. The van der Waals surface area contributed by atoms with Gasteiger partial charge >= 0.3 is 0 Å². The number of nitrogens with two attached hydrogens (primary N) is 1. The van der Waals surface area contributed by atoms with E-state index in [0.29, 0.717) is 5.69 Å². The molecular weight excluding hydrogens is 250 g/mol. The van der Waals surface area contributed by atoms with Crippen LogP contribution in [0.25, 0.3) is 10.8 Å². The number of benzene rings is 2. The molecule has 4 nitrogen and oxygen atoms in total. The summed E-state index contributed by atoms with van der Waals surface area (Å²) in [6.45, 7) is 0. The number of hydrogen-bond donors (Lipinski definition) is 2. The van der Waals surface area contributed by atoms with Gasteiger partial charge in [0.2, 0.25) is 0 Å². The maximum Gasteiger partial charge on any atom is 0.120 e. The van der Waals surface area contributed by atoms with Crippen molar-refractivity contribution in [3.63, 3.8) is 0 Å². The van der Waals surface area contributed by atoms with Gasteiger partial charge in [0.25, 0.3) is 0 Å². The fourth-order valence-corrected chi connectivity index (χ4v) is 2.16. The molecule has 3 aromatic rings. The summed E-state index contributed by atoms with van der Waals surface area (Å²) in [4.78, 5) is 4.10. The highest BCUT2D eigenvalue weighted by molar-refractivity contribution is 5.99. The topological polar surface area (TPSA) is 60.2 Å². The first-order valence-electron chi connectivity index (χ1n) is 6.31. The van der Waals surface area contributed by atoms with Crippen molar-refractivity contribution in [1.82, 2.24) is 4.98 Å². The fraction of sp³-hybridized carbons (Fsp3) is 0.0625. The third-order valence-electron chi connectivity index (χ3n) is 3.21. The van der Waals surface area contributed by atoms with Crippen molar-refractivity contribution >= 4 is 27.8 Å². The number of anilines is 3. The van der Waals surface area contributed by atoms with Crippen LogP contribution in [0.1, 0.15) is 0 Å². The predicted molar refractivity (Wildman–Crippen MR) is 82.4 cm³/mol. The lowest BCUT2D eigenvalue weighted by Crippen LogP contribution is -1.97. The average Bonchev–Trinajstić information content (AvgIpc) is 2.50. The molecule has 0 atom stereocenters. The van der Waals surface area contributed by atoms with Crippen LogP contribution in [0.15, 0.2) is 54.9 Å². The molecule has 0 unspecified atom stereocenters. The fourth-order valence-electron chi connectivity index (χ4n) is 2.16. The molecule has 0 saturated heterocycles. The molecule has 3 rings (SSSR count). The summed E-state index contributed by atoms with van der Waals surface area (Å²) in [6, 6.07) is 13.6.